The minimum Gasteiger partial charge on any atom is -0.491 e. The molecule has 1 aromatic carbocycles. The first kappa shape index (κ1) is 19.5. The van der Waals surface area contributed by atoms with Crippen LogP contribution in [0.1, 0.15) is 41.9 Å². The smallest absolute Gasteiger partial charge is 0.269 e. The number of halogens is 1. The Morgan fingerprint density at radius 1 is 1.12 bits per heavy atom. The molecule has 2 N–H and O–H groups in total. The third-order valence-electron chi connectivity index (χ3n) is 3.26. The molecule has 0 aliphatic rings. The van der Waals surface area contributed by atoms with Gasteiger partial charge in [0.05, 0.1) is 9.89 Å². The third kappa shape index (κ3) is 6.88. The normalized spacial score (nSPS) is 10.6. The molecule has 1 aromatic heterocycles. The average molecular weight is 425 g/mol. The number of aryl methyl sites for hydroxylation is 1. The van der Waals surface area contributed by atoms with Gasteiger partial charge in [-0.25, -0.2) is 0 Å². The summed E-state index contributed by atoms with van der Waals surface area (Å²) in [5.41, 5.74) is 5.33. The Bertz CT molecular complexity index is 713. The highest BCUT2D eigenvalue weighted by atomic mass is 79.9. The molecule has 0 fully saturated rings. The fraction of sp³-hybridized carbons (Fsp3) is 0.333. The van der Waals surface area contributed by atoms with Crippen LogP contribution in [-0.2, 0) is 11.2 Å². The number of thiophene rings is 1. The van der Waals surface area contributed by atoms with E-state index in [1.807, 2.05) is 26.0 Å². The Morgan fingerprint density at radius 2 is 1.84 bits per heavy atom. The molecule has 0 saturated carbocycles. The number of hydrogen-bond acceptors (Lipinski definition) is 4. The SMILES string of the molecule is CC(C)Oc1ccc(C(=O)NNC(=O)CCCc2ccc(Br)s2)cc1. The van der Waals surface area contributed by atoms with E-state index < -0.39 is 0 Å². The van der Waals surface area contributed by atoms with Gasteiger partial charge in [0.25, 0.3) is 5.91 Å². The summed E-state index contributed by atoms with van der Waals surface area (Å²) >= 11 is 5.08. The number of benzene rings is 1. The summed E-state index contributed by atoms with van der Waals surface area (Å²) < 4.78 is 6.61. The van der Waals surface area contributed by atoms with Gasteiger partial charge in [0.2, 0.25) is 5.91 Å². The number of ether oxygens (including phenoxy) is 1. The number of amides is 2. The second kappa shape index (κ2) is 9.58. The predicted octanol–water partition coefficient (Wildman–Crippen LogP) is 4.08. The van der Waals surface area contributed by atoms with Gasteiger partial charge in [0.15, 0.2) is 0 Å². The van der Waals surface area contributed by atoms with Crippen molar-refractivity contribution in [2.24, 2.45) is 0 Å². The molecule has 2 amide bonds. The van der Waals surface area contributed by atoms with Gasteiger partial charge in [-0.15, -0.1) is 11.3 Å². The number of nitrogens with one attached hydrogen (secondary N) is 2. The number of hydrazine groups is 1. The van der Waals surface area contributed by atoms with Crippen LogP contribution in [0.5, 0.6) is 5.75 Å². The molecule has 1 heterocycles. The van der Waals surface area contributed by atoms with Gasteiger partial charge in [-0.05, 0) is 79.0 Å². The molecule has 0 bridgehead atoms. The summed E-state index contributed by atoms with van der Waals surface area (Å²) in [4.78, 5) is 25.0. The molecule has 134 valence electrons. The van der Waals surface area contributed by atoms with Crippen molar-refractivity contribution in [2.45, 2.75) is 39.2 Å². The minimum atomic E-state index is -0.355. The Kier molecular flexibility index (Phi) is 7.46. The van der Waals surface area contributed by atoms with Crippen molar-refractivity contribution in [2.75, 3.05) is 0 Å². The maximum absolute atomic E-state index is 12.0. The first-order chi connectivity index (χ1) is 11.9. The van der Waals surface area contributed by atoms with Crippen molar-refractivity contribution in [1.82, 2.24) is 10.9 Å². The monoisotopic (exact) mass is 424 g/mol. The highest BCUT2D eigenvalue weighted by Crippen LogP contribution is 2.23. The number of hydrogen-bond donors (Lipinski definition) is 2. The second-order valence-electron chi connectivity index (χ2n) is 5.75. The van der Waals surface area contributed by atoms with E-state index in [0.29, 0.717) is 17.7 Å². The molecule has 5 nitrogen and oxygen atoms in total. The van der Waals surface area contributed by atoms with E-state index in [0.717, 1.165) is 16.6 Å². The topological polar surface area (TPSA) is 67.4 Å². The minimum absolute atomic E-state index is 0.0780. The van der Waals surface area contributed by atoms with Crippen LogP contribution in [0.4, 0.5) is 0 Å². The van der Waals surface area contributed by atoms with E-state index in [9.17, 15) is 9.59 Å². The van der Waals surface area contributed by atoms with Crippen LogP contribution in [0.25, 0.3) is 0 Å². The molecule has 0 radical (unpaired) electrons. The van der Waals surface area contributed by atoms with Gasteiger partial charge < -0.3 is 4.74 Å². The van der Waals surface area contributed by atoms with Crippen LogP contribution in [0, 0.1) is 0 Å². The zero-order valence-electron chi connectivity index (χ0n) is 14.2. The Hall–Kier alpha value is -1.86. The molecule has 0 spiro atoms. The molecular weight excluding hydrogens is 404 g/mol. The van der Waals surface area contributed by atoms with E-state index in [1.165, 1.54) is 4.88 Å². The molecule has 2 aromatic rings. The second-order valence-corrected chi connectivity index (χ2v) is 8.30. The van der Waals surface area contributed by atoms with Crippen molar-refractivity contribution < 1.29 is 14.3 Å². The van der Waals surface area contributed by atoms with Crippen molar-refractivity contribution in [3.8, 4) is 5.75 Å². The van der Waals surface area contributed by atoms with Crippen LogP contribution >= 0.6 is 27.3 Å². The quantitative estimate of drug-likeness (QED) is 0.657. The Balaban J connectivity index is 1.70. The lowest BCUT2D eigenvalue weighted by molar-refractivity contribution is -0.121. The number of rotatable bonds is 7. The van der Waals surface area contributed by atoms with Crippen LogP contribution in [0.3, 0.4) is 0 Å². The van der Waals surface area contributed by atoms with E-state index in [4.69, 9.17) is 4.74 Å². The van der Waals surface area contributed by atoms with Crippen LogP contribution in [0.15, 0.2) is 40.2 Å². The molecule has 0 saturated heterocycles. The Labute approximate surface area is 159 Å². The zero-order chi connectivity index (χ0) is 18.2. The lowest BCUT2D eigenvalue weighted by Gasteiger charge is -2.10. The van der Waals surface area contributed by atoms with Crippen molar-refractivity contribution in [3.05, 3.63) is 50.6 Å². The molecule has 0 aliphatic heterocycles. The number of carbonyl (C=O) groups excluding carboxylic acids is 2. The molecule has 2 rings (SSSR count). The van der Waals surface area contributed by atoms with Gasteiger partial charge in [-0.2, -0.15) is 0 Å². The first-order valence-corrected chi connectivity index (χ1v) is 9.65. The van der Waals surface area contributed by atoms with Crippen LogP contribution < -0.4 is 15.6 Å². The average Bonchev–Trinajstić information content (AvgIpc) is 2.98. The van der Waals surface area contributed by atoms with Crippen molar-refractivity contribution in [3.63, 3.8) is 0 Å². The maximum atomic E-state index is 12.0. The maximum Gasteiger partial charge on any atom is 0.269 e. The predicted molar refractivity (Wildman–Crippen MR) is 103 cm³/mol. The summed E-state index contributed by atoms with van der Waals surface area (Å²) in [6.07, 6.45) is 2.01. The van der Waals surface area contributed by atoms with Crippen LogP contribution in [-0.4, -0.2) is 17.9 Å². The van der Waals surface area contributed by atoms with E-state index >= 15 is 0 Å². The van der Waals surface area contributed by atoms with Crippen molar-refractivity contribution >= 4 is 39.1 Å². The van der Waals surface area contributed by atoms with Gasteiger partial charge in [-0.3, -0.25) is 20.4 Å². The summed E-state index contributed by atoms with van der Waals surface area (Å²) in [6.45, 7) is 3.88. The van der Waals surface area contributed by atoms with E-state index in [2.05, 4.69) is 26.8 Å². The zero-order valence-corrected chi connectivity index (χ0v) is 16.6. The molecule has 0 aliphatic carbocycles. The van der Waals surface area contributed by atoms with E-state index in [1.54, 1.807) is 35.6 Å². The summed E-state index contributed by atoms with van der Waals surface area (Å²) in [5, 5.41) is 0. The van der Waals surface area contributed by atoms with Gasteiger partial charge >= 0.3 is 0 Å². The third-order valence-corrected chi connectivity index (χ3v) is 4.94. The number of carbonyl (C=O) groups is 2. The van der Waals surface area contributed by atoms with Gasteiger partial charge in [0.1, 0.15) is 5.75 Å². The summed E-state index contributed by atoms with van der Waals surface area (Å²) in [5.74, 6) is 0.145. The molecule has 0 unspecified atom stereocenters. The van der Waals surface area contributed by atoms with Crippen molar-refractivity contribution in [1.29, 1.82) is 0 Å². The summed E-state index contributed by atoms with van der Waals surface area (Å²) in [7, 11) is 0. The first-order valence-electron chi connectivity index (χ1n) is 8.04. The van der Waals surface area contributed by atoms with E-state index in [-0.39, 0.29) is 17.9 Å². The lowest BCUT2D eigenvalue weighted by atomic mass is 10.2. The molecular formula is C18H21BrN2O3S. The van der Waals surface area contributed by atoms with Gasteiger partial charge in [0, 0.05) is 16.9 Å². The molecule has 25 heavy (non-hydrogen) atoms. The molecule has 0 atom stereocenters. The lowest BCUT2D eigenvalue weighted by Crippen LogP contribution is -2.41. The standard InChI is InChI=1S/C18H21BrN2O3S/c1-12(2)24-14-8-6-13(7-9-14)18(23)21-20-17(22)5-3-4-15-10-11-16(19)25-15/h6-12H,3-5H2,1-2H3,(H,20,22)(H,21,23). The fourth-order valence-electron chi connectivity index (χ4n) is 2.13. The largest absolute Gasteiger partial charge is 0.491 e. The van der Waals surface area contributed by atoms with Crippen LogP contribution in [0.2, 0.25) is 0 Å². The Morgan fingerprint density at radius 3 is 2.44 bits per heavy atom. The fourth-order valence-corrected chi connectivity index (χ4v) is 3.65. The summed E-state index contributed by atoms with van der Waals surface area (Å²) in [6, 6.07) is 10.8. The highest BCUT2D eigenvalue weighted by Gasteiger charge is 2.08. The highest BCUT2D eigenvalue weighted by molar-refractivity contribution is 9.11. The van der Waals surface area contributed by atoms with Gasteiger partial charge in [-0.1, -0.05) is 0 Å². The molecule has 7 heteroatoms.